The molecule has 7 nitrogen and oxygen atoms in total. The molecule has 1 saturated heterocycles. The van der Waals surface area contributed by atoms with Crippen molar-refractivity contribution in [2.75, 3.05) is 18.4 Å². The van der Waals surface area contributed by atoms with Gasteiger partial charge in [0.05, 0.1) is 5.02 Å². The van der Waals surface area contributed by atoms with Crippen molar-refractivity contribution in [1.82, 2.24) is 15.0 Å². The van der Waals surface area contributed by atoms with E-state index in [0.29, 0.717) is 25.2 Å². The van der Waals surface area contributed by atoms with Crippen molar-refractivity contribution in [2.45, 2.75) is 30.7 Å². The summed E-state index contributed by atoms with van der Waals surface area (Å²) < 4.78 is 26.8. The Morgan fingerprint density at radius 2 is 2.29 bits per heavy atom. The van der Waals surface area contributed by atoms with E-state index in [4.69, 9.17) is 11.6 Å². The smallest absolute Gasteiger partial charge is 0.242 e. The number of anilines is 1. The molecule has 0 saturated carbocycles. The van der Waals surface area contributed by atoms with Crippen LogP contribution in [0.5, 0.6) is 0 Å². The third-order valence-corrected chi connectivity index (χ3v) is 4.75. The van der Waals surface area contributed by atoms with Gasteiger partial charge in [-0.2, -0.15) is 0 Å². The van der Waals surface area contributed by atoms with E-state index in [-0.39, 0.29) is 28.4 Å². The summed E-state index contributed by atoms with van der Waals surface area (Å²) in [5.41, 5.74) is 0. The van der Waals surface area contributed by atoms with Gasteiger partial charge in [0.1, 0.15) is 10.7 Å². The van der Waals surface area contributed by atoms with Gasteiger partial charge < -0.3 is 10.6 Å². The standard InChI is InChI=1S/C12H17ClN4O3S/c1-2-14-12-10(13)5-9(7-15-12)21(19,20)16-6-8-3-4-11(18)17-8/h5,7-8,16H,2-4,6H2,1H3,(H,14,15)(H,17,18). The predicted octanol–water partition coefficient (Wildman–Crippen LogP) is 0.724. The predicted molar refractivity (Wildman–Crippen MR) is 79.8 cm³/mol. The summed E-state index contributed by atoms with van der Waals surface area (Å²) in [5, 5.41) is 5.87. The van der Waals surface area contributed by atoms with Crippen molar-refractivity contribution in [3.05, 3.63) is 17.3 Å². The third kappa shape index (κ3) is 4.05. The Bertz CT molecular complexity index is 635. The largest absolute Gasteiger partial charge is 0.369 e. The van der Waals surface area contributed by atoms with Crippen LogP contribution in [-0.2, 0) is 14.8 Å². The van der Waals surface area contributed by atoms with Gasteiger partial charge in [-0.15, -0.1) is 0 Å². The van der Waals surface area contributed by atoms with Crippen LogP contribution in [-0.4, -0.2) is 38.4 Å². The van der Waals surface area contributed by atoms with Gasteiger partial charge in [-0.1, -0.05) is 11.6 Å². The number of sulfonamides is 1. The fourth-order valence-corrected chi connectivity index (χ4v) is 3.34. The highest BCUT2D eigenvalue weighted by atomic mass is 35.5. The van der Waals surface area contributed by atoms with Crippen LogP contribution in [0.15, 0.2) is 17.2 Å². The summed E-state index contributed by atoms with van der Waals surface area (Å²) in [5.74, 6) is 0.389. The summed E-state index contributed by atoms with van der Waals surface area (Å²) in [4.78, 5) is 15.1. The molecule has 0 radical (unpaired) electrons. The average Bonchev–Trinajstić information content (AvgIpc) is 2.85. The molecule has 9 heteroatoms. The number of hydrogen-bond acceptors (Lipinski definition) is 5. The maximum absolute atomic E-state index is 12.1. The third-order valence-electron chi connectivity index (χ3n) is 3.08. The lowest BCUT2D eigenvalue weighted by Gasteiger charge is -2.12. The van der Waals surface area contributed by atoms with Crippen molar-refractivity contribution in [2.24, 2.45) is 0 Å². The van der Waals surface area contributed by atoms with E-state index < -0.39 is 10.0 Å². The zero-order valence-corrected chi connectivity index (χ0v) is 13.1. The molecule has 3 N–H and O–H groups in total. The number of carbonyl (C=O) groups is 1. The van der Waals surface area contributed by atoms with E-state index in [2.05, 4.69) is 20.3 Å². The fourth-order valence-electron chi connectivity index (χ4n) is 1.99. The van der Waals surface area contributed by atoms with Crippen LogP contribution in [0, 0.1) is 0 Å². The second-order valence-corrected chi connectivity index (χ2v) is 6.86. The van der Waals surface area contributed by atoms with Crippen LogP contribution in [0.4, 0.5) is 5.82 Å². The van der Waals surface area contributed by atoms with Crippen molar-refractivity contribution >= 4 is 33.3 Å². The van der Waals surface area contributed by atoms with Crippen LogP contribution in [0.1, 0.15) is 19.8 Å². The van der Waals surface area contributed by atoms with Gasteiger partial charge in [0, 0.05) is 31.7 Å². The number of nitrogens with zero attached hydrogens (tertiary/aromatic N) is 1. The molecule has 1 aromatic heterocycles. The highest BCUT2D eigenvalue weighted by Gasteiger charge is 2.23. The van der Waals surface area contributed by atoms with Gasteiger partial charge in [0.25, 0.3) is 0 Å². The maximum Gasteiger partial charge on any atom is 0.242 e. The minimum Gasteiger partial charge on any atom is -0.369 e. The average molecular weight is 333 g/mol. The molecule has 1 aliphatic rings. The van der Waals surface area contributed by atoms with Gasteiger partial charge in [0.15, 0.2) is 0 Å². The number of nitrogens with one attached hydrogen (secondary N) is 3. The van der Waals surface area contributed by atoms with E-state index in [9.17, 15) is 13.2 Å². The molecule has 21 heavy (non-hydrogen) atoms. The molecular formula is C12H17ClN4O3S. The Hall–Kier alpha value is -1.38. The Morgan fingerprint density at radius 1 is 1.52 bits per heavy atom. The first-order valence-corrected chi connectivity index (χ1v) is 8.47. The summed E-state index contributed by atoms with van der Waals surface area (Å²) in [6.45, 7) is 2.68. The monoisotopic (exact) mass is 332 g/mol. The number of carbonyl (C=O) groups excluding carboxylic acids is 1. The number of pyridine rings is 1. The van der Waals surface area contributed by atoms with E-state index in [1.807, 2.05) is 6.92 Å². The zero-order valence-electron chi connectivity index (χ0n) is 11.5. The molecular weight excluding hydrogens is 316 g/mol. The van der Waals surface area contributed by atoms with Gasteiger partial charge >= 0.3 is 0 Å². The van der Waals surface area contributed by atoms with E-state index >= 15 is 0 Å². The number of hydrogen-bond donors (Lipinski definition) is 3. The summed E-state index contributed by atoms with van der Waals surface area (Å²) in [6.07, 6.45) is 2.30. The molecule has 1 aliphatic heterocycles. The van der Waals surface area contributed by atoms with Crippen LogP contribution in [0.3, 0.4) is 0 Å². The van der Waals surface area contributed by atoms with Crippen molar-refractivity contribution in [3.63, 3.8) is 0 Å². The summed E-state index contributed by atoms with van der Waals surface area (Å²) >= 11 is 5.99. The van der Waals surface area contributed by atoms with Crippen molar-refractivity contribution in [3.8, 4) is 0 Å². The SMILES string of the molecule is CCNc1ncc(S(=O)(=O)NCC2CCC(=O)N2)cc1Cl. The molecule has 1 atom stereocenters. The quantitative estimate of drug-likeness (QED) is 0.713. The molecule has 0 aliphatic carbocycles. The van der Waals surface area contributed by atoms with Crippen LogP contribution in [0.25, 0.3) is 0 Å². The van der Waals surface area contributed by atoms with E-state index in [1.165, 1.54) is 12.3 Å². The molecule has 116 valence electrons. The number of aromatic nitrogens is 1. The Balaban J connectivity index is 2.05. The molecule has 2 heterocycles. The lowest BCUT2D eigenvalue weighted by molar-refractivity contribution is -0.119. The molecule has 1 aromatic rings. The van der Waals surface area contributed by atoms with Crippen LogP contribution in [0.2, 0.25) is 5.02 Å². The number of halogens is 1. The molecule has 0 bridgehead atoms. The van der Waals surface area contributed by atoms with Crippen LogP contribution < -0.4 is 15.4 Å². The molecule has 1 amide bonds. The minimum absolute atomic E-state index is 0.00141. The minimum atomic E-state index is -3.70. The van der Waals surface area contributed by atoms with Crippen molar-refractivity contribution in [1.29, 1.82) is 0 Å². The van der Waals surface area contributed by atoms with Gasteiger partial charge in [0.2, 0.25) is 15.9 Å². The number of amides is 1. The highest BCUT2D eigenvalue weighted by molar-refractivity contribution is 7.89. The summed E-state index contributed by atoms with van der Waals surface area (Å²) in [6, 6.07) is 1.18. The molecule has 2 rings (SSSR count). The Labute approximate surface area is 128 Å². The van der Waals surface area contributed by atoms with Gasteiger partial charge in [-0.05, 0) is 19.4 Å². The lowest BCUT2D eigenvalue weighted by atomic mass is 10.2. The topological polar surface area (TPSA) is 100 Å². The normalized spacial score (nSPS) is 18.6. The van der Waals surface area contributed by atoms with Gasteiger partial charge in [-0.25, -0.2) is 18.1 Å². The molecule has 1 unspecified atom stereocenters. The van der Waals surface area contributed by atoms with Crippen molar-refractivity contribution < 1.29 is 13.2 Å². The first-order chi connectivity index (χ1) is 9.92. The second kappa shape index (κ2) is 6.59. The van der Waals surface area contributed by atoms with E-state index in [0.717, 1.165) is 0 Å². The zero-order chi connectivity index (χ0) is 15.5. The van der Waals surface area contributed by atoms with E-state index in [1.54, 1.807) is 0 Å². The second-order valence-electron chi connectivity index (χ2n) is 4.69. The first kappa shape index (κ1) is 16.0. The summed E-state index contributed by atoms with van der Waals surface area (Å²) in [7, 11) is -3.70. The van der Waals surface area contributed by atoms with Crippen LogP contribution >= 0.6 is 11.6 Å². The Morgan fingerprint density at radius 3 is 2.86 bits per heavy atom. The first-order valence-electron chi connectivity index (χ1n) is 6.61. The van der Waals surface area contributed by atoms with Gasteiger partial charge in [-0.3, -0.25) is 4.79 Å². The molecule has 0 spiro atoms. The molecule has 1 fully saturated rings. The highest BCUT2D eigenvalue weighted by Crippen LogP contribution is 2.22. The number of rotatable bonds is 6. The Kier molecular flexibility index (Phi) is 5.02. The lowest BCUT2D eigenvalue weighted by Crippen LogP contribution is -2.38. The molecule has 0 aromatic carbocycles. The maximum atomic E-state index is 12.1. The fraction of sp³-hybridized carbons (Fsp3) is 0.500.